The van der Waals surface area contributed by atoms with Crippen molar-refractivity contribution < 1.29 is 22.8 Å². The largest absolute Gasteiger partial charge is 0.493 e. The lowest BCUT2D eigenvalue weighted by molar-refractivity contribution is -0.429. The molecule has 0 fully saturated rings. The van der Waals surface area contributed by atoms with E-state index in [0.717, 1.165) is 5.56 Å². The lowest BCUT2D eigenvalue weighted by atomic mass is 10.0. The molecule has 33 heavy (non-hydrogen) atoms. The van der Waals surface area contributed by atoms with Crippen molar-refractivity contribution in [3.8, 4) is 11.5 Å². The number of sulfonamides is 1. The first kappa shape index (κ1) is 24.0. The van der Waals surface area contributed by atoms with Gasteiger partial charge in [-0.3, -0.25) is 10.1 Å². The van der Waals surface area contributed by atoms with Gasteiger partial charge in [0.1, 0.15) is 6.04 Å². The SMILES string of the molecule is COc1ccc(/C=C(\C(NS(=O)(=O)c2ccc(C)cc2)c2ccccc2)[N+](=O)[O-])cc1OC. The van der Waals surface area contributed by atoms with Crippen molar-refractivity contribution in [2.24, 2.45) is 0 Å². The number of aryl methyl sites for hydroxylation is 1. The number of benzene rings is 3. The van der Waals surface area contributed by atoms with Gasteiger partial charge >= 0.3 is 0 Å². The predicted octanol–water partition coefficient (Wildman–Crippen LogP) is 4.35. The van der Waals surface area contributed by atoms with Crippen LogP contribution in [0.2, 0.25) is 0 Å². The highest BCUT2D eigenvalue weighted by molar-refractivity contribution is 7.89. The van der Waals surface area contributed by atoms with Crippen LogP contribution in [0.25, 0.3) is 6.08 Å². The van der Waals surface area contributed by atoms with E-state index in [-0.39, 0.29) is 10.6 Å². The molecule has 1 atom stereocenters. The third-order valence-electron chi connectivity index (χ3n) is 4.97. The molecule has 1 N–H and O–H groups in total. The summed E-state index contributed by atoms with van der Waals surface area (Å²) in [6, 6.07) is 18.2. The fourth-order valence-electron chi connectivity index (χ4n) is 3.24. The number of ether oxygens (including phenoxy) is 2. The van der Waals surface area contributed by atoms with Gasteiger partial charge in [-0.25, -0.2) is 8.42 Å². The number of nitrogens with zero attached hydrogens (tertiary/aromatic N) is 1. The minimum absolute atomic E-state index is 0.0165. The Bertz CT molecular complexity index is 1260. The van der Waals surface area contributed by atoms with Crippen molar-refractivity contribution in [1.29, 1.82) is 0 Å². The van der Waals surface area contributed by atoms with Gasteiger partial charge in [0.15, 0.2) is 11.5 Å². The maximum Gasteiger partial charge on any atom is 0.269 e. The average Bonchev–Trinajstić information content (AvgIpc) is 2.81. The molecule has 0 saturated heterocycles. The second kappa shape index (κ2) is 10.3. The van der Waals surface area contributed by atoms with Crippen molar-refractivity contribution in [3.63, 3.8) is 0 Å². The Labute approximate surface area is 192 Å². The molecule has 0 aliphatic rings. The Morgan fingerprint density at radius 1 is 0.970 bits per heavy atom. The van der Waals surface area contributed by atoms with Gasteiger partial charge in [0.05, 0.1) is 24.0 Å². The smallest absolute Gasteiger partial charge is 0.269 e. The standard InChI is InChI=1S/C24H24N2O6S/c1-17-9-12-20(13-10-17)33(29,30)25-24(19-7-5-4-6-8-19)21(26(27)28)15-18-11-14-22(31-2)23(16-18)32-3/h4-16,24-25H,1-3H3/b21-15+. The lowest BCUT2D eigenvalue weighted by Gasteiger charge is -2.18. The molecule has 0 aliphatic carbocycles. The first-order chi connectivity index (χ1) is 15.7. The molecule has 172 valence electrons. The number of methoxy groups -OCH3 is 2. The van der Waals surface area contributed by atoms with Crippen LogP contribution in [0.15, 0.2) is 83.4 Å². The highest BCUT2D eigenvalue weighted by atomic mass is 32.2. The van der Waals surface area contributed by atoms with Crippen LogP contribution >= 0.6 is 0 Å². The number of rotatable bonds is 9. The van der Waals surface area contributed by atoms with Crippen LogP contribution in [0.4, 0.5) is 0 Å². The molecular weight excluding hydrogens is 444 g/mol. The molecule has 1 unspecified atom stereocenters. The third-order valence-corrected chi connectivity index (χ3v) is 6.40. The predicted molar refractivity (Wildman–Crippen MR) is 125 cm³/mol. The summed E-state index contributed by atoms with van der Waals surface area (Å²) in [5.41, 5.74) is 1.43. The molecule has 3 aromatic rings. The van der Waals surface area contributed by atoms with Crippen LogP contribution in [-0.2, 0) is 10.0 Å². The van der Waals surface area contributed by atoms with E-state index in [2.05, 4.69) is 4.72 Å². The van der Waals surface area contributed by atoms with Gasteiger partial charge in [0.2, 0.25) is 10.0 Å². The number of hydrogen-bond donors (Lipinski definition) is 1. The summed E-state index contributed by atoms with van der Waals surface area (Å²) < 4.78 is 39.2. The zero-order valence-corrected chi connectivity index (χ0v) is 19.2. The maximum absolute atomic E-state index is 13.1. The van der Waals surface area contributed by atoms with E-state index in [0.29, 0.717) is 22.6 Å². The number of hydrogen-bond acceptors (Lipinski definition) is 6. The van der Waals surface area contributed by atoms with E-state index in [1.807, 2.05) is 6.92 Å². The molecule has 0 amide bonds. The maximum atomic E-state index is 13.1. The van der Waals surface area contributed by atoms with Crippen molar-refractivity contribution >= 4 is 16.1 Å². The van der Waals surface area contributed by atoms with E-state index >= 15 is 0 Å². The lowest BCUT2D eigenvalue weighted by Crippen LogP contribution is -2.32. The van der Waals surface area contributed by atoms with Crippen LogP contribution in [0.5, 0.6) is 11.5 Å². The van der Waals surface area contributed by atoms with E-state index < -0.39 is 21.0 Å². The number of nitro groups is 1. The number of nitrogens with one attached hydrogen (secondary N) is 1. The second-order valence-electron chi connectivity index (χ2n) is 7.22. The van der Waals surface area contributed by atoms with Gasteiger partial charge in [0, 0.05) is 6.08 Å². The molecule has 3 aromatic carbocycles. The normalized spacial score (nSPS) is 12.8. The zero-order valence-electron chi connectivity index (χ0n) is 18.4. The summed E-state index contributed by atoms with van der Waals surface area (Å²) >= 11 is 0. The molecule has 0 heterocycles. The first-order valence-corrected chi connectivity index (χ1v) is 11.5. The molecule has 0 aliphatic heterocycles. The molecule has 0 radical (unpaired) electrons. The molecule has 0 saturated carbocycles. The fourth-order valence-corrected chi connectivity index (χ4v) is 4.44. The topological polar surface area (TPSA) is 108 Å². The minimum atomic E-state index is -4.06. The van der Waals surface area contributed by atoms with E-state index in [9.17, 15) is 18.5 Å². The van der Waals surface area contributed by atoms with Gasteiger partial charge < -0.3 is 9.47 Å². The van der Waals surface area contributed by atoms with Gasteiger partial charge in [0.25, 0.3) is 5.70 Å². The Balaban J connectivity index is 2.11. The monoisotopic (exact) mass is 468 g/mol. The van der Waals surface area contributed by atoms with Crippen LogP contribution in [0.1, 0.15) is 22.7 Å². The molecular formula is C24H24N2O6S. The summed E-state index contributed by atoms with van der Waals surface area (Å²) in [6.45, 7) is 1.84. The average molecular weight is 469 g/mol. The molecule has 3 rings (SSSR count). The van der Waals surface area contributed by atoms with Crippen LogP contribution in [0, 0.1) is 17.0 Å². The quantitative estimate of drug-likeness (QED) is 0.370. The fraction of sp³-hybridized carbons (Fsp3) is 0.167. The summed E-state index contributed by atoms with van der Waals surface area (Å²) in [5, 5.41) is 12.1. The molecule has 8 nitrogen and oxygen atoms in total. The van der Waals surface area contributed by atoms with Crippen LogP contribution in [-0.4, -0.2) is 27.6 Å². The molecule has 0 spiro atoms. The van der Waals surface area contributed by atoms with Gasteiger partial charge in [-0.15, -0.1) is 0 Å². The van der Waals surface area contributed by atoms with E-state index in [1.54, 1.807) is 60.7 Å². The molecule has 9 heteroatoms. The Morgan fingerprint density at radius 2 is 1.61 bits per heavy atom. The molecule has 0 aromatic heterocycles. The molecule has 0 bridgehead atoms. The summed E-state index contributed by atoms with van der Waals surface area (Å²) in [6.07, 6.45) is 1.32. The van der Waals surface area contributed by atoms with Crippen molar-refractivity contribution in [1.82, 2.24) is 4.72 Å². The van der Waals surface area contributed by atoms with Crippen molar-refractivity contribution in [2.45, 2.75) is 17.9 Å². The van der Waals surface area contributed by atoms with Gasteiger partial charge in [-0.1, -0.05) is 54.1 Å². The highest BCUT2D eigenvalue weighted by Crippen LogP contribution is 2.31. The second-order valence-corrected chi connectivity index (χ2v) is 8.93. The van der Waals surface area contributed by atoms with E-state index in [1.165, 1.54) is 32.4 Å². The summed E-state index contributed by atoms with van der Waals surface area (Å²) in [4.78, 5) is 11.5. The van der Waals surface area contributed by atoms with Crippen molar-refractivity contribution in [3.05, 3.63) is 105 Å². The Kier molecular flexibility index (Phi) is 7.47. The third kappa shape index (κ3) is 5.76. The van der Waals surface area contributed by atoms with Gasteiger partial charge in [-0.2, -0.15) is 4.72 Å². The van der Waals surface area contributed by atoms with Gasteiger partial charge in [-0.05, 0) is 42.3 Å². The van der Waals surface area contributed by atoms with E-state index in [4.69, 9.17) is 9.47 Å². The van der Waals surface area contributed by atoms with Crippen LogP contribution in [0.3, 0.4) is 0 Å². The summed E-state index contributed by atoms with van der Waals surface area (Å²) in [5.74, 6) is 0.863. The Morgan fingerprint density at radius 3 is 2.18 bits per heavy atom. The van der Waals surface area contributed by atoms with Crippen molar-refractivity contribution in [2.75, 3.05) is 14.2 Å². The summed E-state index contributed by atoms with van der Waals surface area (Å²) in [7, 11) is -1.11. The highest BCUT2D eigenvalue weighted by Gasteiger charge is 2.31. The Hall–Kier alpha value is -3.69. The minimum Gasteiger partial charge on any atom is -0.493 e. The van der Waals surface area contributed by atoms with Crippen LogP contribution < -0.4 is 14.2 Å². The zero-order chi connectivity index (χ0) is 24.0. The first-order valence-electron chi connectivity index (χ1n) is 9.97.